The quantitative estimate of drug-likeness (QED) is 0.862. The molecule has 18 heavy (non-hydrogen) atoms. The third kappa shape index (κ3) is 4.42. The zero-order valence-corrected chi connectivity index (χ0v) is 12.5. The molecule has 1 N–H and O–H groups in total. The number of aryl methyl sites for hydroxylation is 3. The van der Waals surface area contributed by atoms with Crippen LogP contribution in [0.2, 0.25) is 0 Å². The zero-order chi connectivity index (χ0) is 13.8. The normalized spacial score (nSPS) is 11.8. The van der Waals surface area contributed by atoms with Crippen molar-refractivity contribution in [1.29, 1.82) is 0 Å². The fourth-order valence-electron chi connectivity index (χ4n) is 1.97. The van der Waals surface area contributed by atoms with Crippen LogP contribution in [0, 0.1) is 20.8 Å². The Hall–Kier alpha value is -0.870. The predicted molar refractivity (Wildman–Crippen MR) is 76.4 cm³/mol. The molecule has 102 valence electrons. The van der Waals surface area contributed by atoms with E-state index in [0.29, 0.717) is 13.0 Å². The van der Waals surface area contributed by atoms with Crippen LogP contribution >= 0.6 is 0 Å². The van der Waals surface area contributed by atoms with Crippen LogP contribution < -0.4 is 4.72 Å². The van der Waals surface area contributed by atoms with Crippen LogP contribution in [0.15, 0.2) is 12.1 Å². The molecule has 0 aromatic heterocycles. The van der Waals surface area contributed by atoms with Gasteiger partial charge in [-0.05, 0) is 55.9 Å². The predicted octanol–water partition coefficient (Wildman–Crippen LogP) is 2.48. The van der Waals surface area contributed by atoms with Crippen LogP contribution in [-0.4, -0.2) is 20.7 Å². The van der Waals surface area contributed by atoms with E-state index < -0.39 is 10.0 Å². The van der Waals surface area contributed by atoms with Crippen molar-refractivity contribution in [1.82, 2.24) is 4.72 Å². The van der Waals surface area contributed by atoms with Crippen LogP contribution in [-0.2, 0) is 16.4 Å². The van der Waals surface area contributed by atoms with E-state index in [9.17, 15) is 8.42 Å². The van der Waals surface area contributed by atoms with Crippen LogP contribution in [0.5, 0.6) is 0 Å². The summed E-state index contributed by atoms with van der Waals surface area (Å²) in [4.78, 5) is 0. The van der Waals surface area contributed by atoms with Crippen LogP contribution in [0.4, 0.5) is 0 Å². The summed E-state index contributed by atoms with van der Waals surface area (Å²) < 4.78 is 25.7. The second-order valence-corrected chi connectivity index (χ2v) is 6.75. The van der Waals surface area contributed by atoms with E-state index in [-0.39, 0.29) is 5.75 Å². The van der Waals surface area contributed by atoms with Crippen molar-refractivity contribution in [2.45, 2.75) is 40.5 Å². The average molecular weight is 269 g/mol. The molecule has 0 bridgehead atoms. The van der Waals surface area contributed by atoms with Gasteiger partial charge in [0.15, 0.2) is 0 Å². The van der Waals surface area contributed by atoms with Crippen molar-refractivity contribution in [2.75, 3.05) is 12.3 Å². The lowest BCUT2D eigenvalue weighted by Gasteiger charge is -2.10. The highest BCUT2D eigenvalue weighted by molar-refractivity contribution is 7.89. The number of rotatable bonds is 6. The first-order chi connectivity index (χ1) is 8.35. The maximum absolute atomic E-state index is 11.5. The van der Waals surface area contributed by atoms with Gasteiger partial charge in [0, 0.05) is 6.54 Å². The molecule has 0 radical (unpaired) electrons. The second-order valence-electron chi connectivity index (χ2n) is 4.83. The molecule has 0 heterocycles. The monoisotopic (exact) mass is 269 g/mol. The van der Waals surface area contributed by atoms with Crippen molar-refractivity contribution >= 4 is 10.0 Å². The molecule has 1 aromatic carbocycles. The topological polar surface area (TPSA) is 46.2 Å². The van der Waals surface area contributed by atoms with Gasteiger partial charge < -0.3 is 0 Å². The van der Waals surface area contributed by atoms with Gasteiger partial charge in [0.25, 0.3) is 0 Å². The number of nitrogens with one attached hydrogen (secondary N) is 1. The summed E-state index contributed by atoms with van der Waals surface area (Å²) in [5.74, 6) is 0.207. The Morgan fingerprint density at radius 1 is 1.06 bits per heavy atom. The van der Waals surface area contributed by atoms with E-state index in [2.05, 4.69) is 37.6 Å². The molecule has 0 saturated carbocycles. The first-order valence-electron chi connectivity index (χ1n) is 6.40. The molecule has 0 aliphatic rings. The Kier molecular flexibility index (Phi) is 5.35. The second kappa shape index (κ2) is 6.34. The molecular formula is C14H23NO2S. The number of benzene rings is 1. The molecule has 0 aliphatic carbocycles. The van der Waals surface area contributed by atoms with Crippen LogP contribution in [0.25, 0.3) is 0 Å². The highest BCUT2D eigenvalue weighted by atomic mass is 32.2. The summed E-state index contributed by atoms with van der Waals surface area (Å²) in [5, 5.41) is 0. The Bertz CT molecular complexity index is 507. The molecule has 1 aromatic rings. The van der Waals surface area contributed by atoms with Gasteiger partial charge in [-0.2, -0.15) is 0 Å². The fraction of sp³-hybridized carbons (Fsp3) is 0.571. The summed E-state index contributed by atoms with van der Waals surface area (Å²) in [5.41, 5.74) is 4.99. The Balaban J connectivity index is 2.62. The first-order valence-corrected chi connectivity index (χ1v) is 8.05. The maximum atomic E-state index is 11.5. The SMILES string of the molecule is CCCS(=O)(=O)NCCc1cc(C)c(C)cc1C. The number of sulfonamides is 1. The Labute approximate surface area is 111 Å². The zero-order valence-electron chi connectivity index (χ0n) is 11.7. The minimum absolute atomic E-state index is 0.207. The largest absolute Gasteiger partial charge is 0.215 e. The average Bonchev–Trinajstić information content (AvgIpc) is 2.25. The summed E-state index contributed by atoms with van der Waals surface area (Å²) in [6.45, 7) is 8.59. The molecule has 0 unspecified atom stereocenters. The van der Waals surface area contributed by atoms with Crippen molar-refractivity contribution in [3.8, 4) is 0 Å². The van der Waals surface area contributed by atoms with Gasteiger partial charge in [-0.25, -0.2) is 13.1 Å². The van der Waals surface area contributed by atoms with Gasteiger partial charge in [0.1, 0.15) is 0 Å². The van der Waals surface area contributed by atoms with Gasteiger partial charge in [-0.3, -0.25) is 0 Å². The standard InChI is InChI=1S/C14H23NO2S/c1-5-8-18(16,17)15-7-6-14-10-12(3)11(2)9-13(14)4/h9-10,15H,5-8H2,1-4H3. The fourth-order valence-corrected chi connectivity index (χ4v) is 3.07. The molecule has 1 rings (SSSR count). The van der Waals surface area contributed by atoms with Crippen molar-refractivity contribution < 1.29 is 8.42 Å². The highest BCUT2D eigenvalue weighted by Gasteiger charge is 2.08. The van der Waals surface area contributed by atoms with Crippen LogP contribution in [0.3, 0.4) is 0 Å². The van der Waals surface area contributed by atoms with E-state index in [1.54, 1.807) is 0 Å². The van der Waals surface area contributed by atoms with E-state index in [4.69, 9.17) is 0 Å². The minimum atomic E-state index is -3.08. The Morgan fingerprint density at radius 2 is 1.67 bits per heavy atom. The molecule has 0 spiro atoms. The third-order valence-electron chi connectivity index (χ3n) is 3.14. The molecule has 0 amide bonds. The molecule has 0 fully saturated rings. The number of hydrogen-bond donors (Lipinski definition) is 1. The van der Waals surface area contributed by atoms with Crippen LogP contribution in [0.1, 0.15) is 35.6 Å². The van der Waals surface area contributed by atoms with Crippen molar-refractivity contribution in [2.24, 2.45) is 0 Å². The summed E-state index contributed by atoms with van der Waals surface area (Å²) in [6, 6.07) is 4.31. The molecule has 0 saturated heterocycles. The summed E-state index contributed by atoms with van der Waals surface area (Å²) in [6.07, 6.45) is 1.40. The van der Waals surface area contributed by atoms with Gasteiger partial charge in [0.2, 0.25) is 10.0 Å². The van der Waals surface area contributed by atoms with E-state index >= 15 is 0 Å². The summed E-state index contributed by atoms with van der Waals surface area (Å²) in [7, 11) is -3.08. The van der Waals surface area contributed by atoms with Gasteiger partial charge >= 0.3 is 0 Å². The van der Waals surface area contributed by atoms with Crippen molar-refractivity contribution in [3.63, 3.8) is 0 Å². The van der Waals surface area contributed by atoms with Gasteiger partial charge in [-0.15, -0.1) is 0 Å². The lowest BCUT2D eigenvalue weighted by molar-refractivity contribution is 0.580. The van der Waals surface area contributed by atoms with E-state index in [1.807, 2.05) is 6.92 Å². The molecular weight excluding hydrogens is 246 g/mol. The first kappa shape index (κ1) is 15.2. The van der Waals surface area contributed by atoms with E-state index in [0.717, 1.165) is 6.42 Å². The highest BCUT2D eigenvalue weighted by Crippen LogP contribution is 2.15. The molecule has 0 aliphatic heterocycles. The lowest BCUT2D eigenvalue weighted by Crippen LogP contribution is -2.28. The Morgan fingerprint density at radius 3 is 2.28 bits per heavy atom. The molecule has 0 atom stereocenters. The third-order valence-corrected chi connectivity index (χ3v) is 4.73. The number of hydrogen-bond acceptors (Lipinski definition) is 2. The molecule has 3 nitrogen and oxygen atoms in total. The smallest absolute Gasteiger partial charge is 0.211 e. The van der Waals surface area contributed by atoms with E-state index in [1.165, 1.54) is 22.3 Å². The lowest BCUT2D eigenvalue weighted by atomic mass is 9.99. The maximum Gasteiger partial charge on any atom is 0.211 e. The summed E-state index contributed by atoms with van der Waals surface area (Å²) >= 11 is 0. The minimum Gasteiger partial charge on any atom is -0.215 e. The van der Waals surface area contributed by atoms with Gasteiger partial charge in [0.05, 0.1) is 5.75 Å². The van der Waals surface area contributed by atoms with Gasteiger partial charge in [-0.1, -0.05) is 19.1 Å². The van der Waals surface area contributed by atoms with Crippen molar-refractivity contribution in [3.05, 3.63) is 34.4 Å². The molecule has 4 heteroatoms.